The molecule has 0 aliphatic rings. The van der Waals surface area contributed by atoms with Gasteiger partial charge in [0.15, 0.2) is 0 Å². The van der Waals surface area contributed by atoms with E-state index in [1.807, 2.05) is 0 Å². The summed E-state index contributed by atoms with van der Waals surface area (Å²) in [5.74, 6) is -0.437. The van der Waals surface area contributed by atoms with Crippen LogP contribution in [0.1, 0.15) is 6.92 Å². The second-order valence-electron chi connectivity index (χ2n) is 1.24. The number of esters is 1. The second kappa shape index (κ2) is 3.55. The molecule has 0 fully saturated rings. The van der Waals surface area contributed by atoms with E-state index in [1.54, 1.807) is 6.92 Å². The standard InChI is InChI=1S/C5H8O2S/c1-3-5(6)7-4(2)8/h3-4,8H,1H2,2H3. The van der Waals surface area contributed by atoms with Crippen LogP contribution in [0.3, 0.4) is 0 Å². The largest absolute Gasteiger partial charge is 0.449 e. The molecule has 0 rings (SSSR count). The maximum Gasteiger partial charge on any atom is 0.331 e. The van der Waals surface area contributed by atoms with E-state index in [4.69, 9.17) is 0 Å². The number of ether oxygens (including phenoxy) is 1. The molecule has 2 nitrogen and oxygen atoms in total. The average Bonchev–Trinajstić information content (AvgIpc) is 1.65. The predicted octanol–water partition coefficient (Wildman–Crippen LogP) is 0.991. The van der Waals surface area contributed by atoms with E-state index in [1.165, 1.54) is 0 Å². The smallest absolute Gasteiger partial charge is 0.331 e. The summed E-state index contributed by atoms with van der Waals surface area (Å²) in [6.07, 6.45) is 1.10. The fourth-order valence-corrected chi connectivity index (χ4v) is 0.320. The molecule has 8 heavy (non-hydrogen) atoms. The Labute approximate surface area is 53.9 Å². The van der Waals surface area contributed by atoms with Crippen molar-refractivity contribution in [3.05, 3.63) is 12.7 Å². The molecule has 0 aliphatic heterocycles. The van der Waals surface area contributed by atoms with Crippen molar-refractivity contribution in [2.45, 2.75) is 12.4 Å². The highest BCUT2D eigenvalue weighted by Gasteiger charge is 1.97. The third-order valence-corrected chi connectivity index (χ3v) is 0.559. The van der Waals surface area contributed by atoms with E-state index < -0.39 is 5.97 Å². The van der Waals surface area contributed by atoms with Gasteiger partial charge in [0.05, 0.1) is 0 Å². The van der Waals surface area contributed by atoms with Crippen molar-refractivity contribution < 1.29 is 9.53 Å². The fourth-order valence-electron chi connectivity index (χ4n) is 0.216. The summed E-state index contributed by atoms with van der Waals surface area (Å²) in [5.41, 5.74) is -0.347. The van der Waals surface area contributed by atoms with Crippen LogP contribution in [0.15, 0.2) is 12.7 Å². The Morgan fingerprint density at radius 3 is 2.62 bits per heavy atom. The van der Waals surface area contributed by atoms with Crippen LogP contribution >= 0.6 is 12.6 Å². The summed E-state index contributed by atoms with van der Waals surface area (Å²) in [5, 5.41) is 0. The first-order chi connectivity index (χ1) is 3.66. The molecular formula is C5H8O2S. The Balaban J connectivity index is 3.39. The first-order valence-corrected chi connectivity index (χ1v) is 2.69. The number of carbonyl (C=O) groups excluding carboxylic acids is 1. The Hall–Kier alpha value is -0.440. The molecule has 0 heterocycles. The van der Waals surface area contributed by atoms with Crippen LogP contribution in [-0.4, -0.2) is 11.4 Å². The third-order valence-electron chi connectivity index (χ3n) is 0.453. The number of hydrogen-bond acceptors (Lipinski definition) is 3. The van der Waals surface area contributed by atoms with Crippen LogP contribution in [0.5, 0.6) is 0 Å². The topological polar surface area (TPSA) is 26.3 Å². The molecule has 0 aromatic heterocycles. The van der Waals surface area contributed by atoms with Gasteiger partial charge in [0, 0.05) is 6.08 Å². The van der Waals surface area contributed by atoms with E-state index in [0.29, 0.717) is 0 Å². The van der Waals surface area contributed by atoms with Crippen molar-refractivity contribution >= 4 is 18.6 Å². The lowest BCUT2D eigenvalue weighted by molar-refractivity contribution is -0.138. The third kappa shape index (κ3) is 3.74. The Morgan fingerprint density at radius 1 is 2.00 bits per heavy atom. The van der Waals surface area contributed by atoms with Crippen molar-refractivity contribution in [3.8, 4) is 0 Å². The van der Waals surface area contributed by atoms with Crippen molar-refractivity contribution in [2.24, 2.45) is 0 Å². The van der Waals surface area contributed by atoms with Crippen molar-refractivity contribution in [1.82, 2.24) is 0 Å². The second-order valence-corrected chi connectivity index (χ2v) is 1.97. The van der Waals surface area contributed by atoms with E-state index in [2.05, 4.69) is 23.9 Å². The van der Waals surface area contributed by atoms with Gasteiger partial charge in [-0.3, -0.25) is 0 Å². The highest BCUT2D eigenvalue weighted by molar-refractivity contribution is 7.80. The molecule has 0 aromatic rings. The van der Waals surface area contributed by atoms with Crippen LogP contribution in [0, 0.1) is 0 Å². The van der Waals surface area contributed by atoms with E-state index >= 15 is 0 Å². The van der Waals surface area contributed by atoms with Crippen LogP contribution in [0.4, 0.5) is 0 Å². The van der Waals surface area contributed by atoms with Crippen molar-refractivity contribution in [1.29, 1.82) is 0 Å². The number of rotatable bonds is 2. The molecular weight excluding hydrogens is 124 g/mol. The van der Waals surface area contributed by atoms with Gasteiger partial charge in [-0.1, -0.05) is 6.58 Å². The molecule has 0 N–H and O–H groups in total. The Bertz CT molecular complexity index is 98.6. The average molecular weight is 132 g/mol. The van der Waals surface area contributed by atoms with Gasteiger partial charge in [-0.05, 0) is 6.92 Å². The zero-order valence-corrected chi connectivity index (χ0v) is 5.52. The first-order valence-electron chi connectivity index (χ1n) is 2.18. The van der Waals surface area contributed by atoms with Crippen molar-refractivity contribution in [2.75, 3.05) is 0 Å². The number of thiol groups is 1. The maximum atomic E-state index is 10.2. The van der Waals surface area contributed by atoms with Gasteiger partial charge in [0.1, 0.15) is 5.44 Å². The fraction of sp³-hybridized carbons (Fsp3) is 0.400. The summed E-state index contributed by atoms with van der Waals surface area (Å²) < 4.78 is 4.51. The van der Waals surface area contributed by atoms with Gasteiger partial charge in [0.2, 0.25) is 0 Å². The summed E-state index contributed by atoms with van der Waals surface area (Å²) in [4.78, 5) is 10.2. The summed E-state index contributed by atoms with van der Waals surface area (Å²) in [6.45, 7) is 4.86. The lowest BCUT2D eigenvalue weighted by Gasteiger charge is -2.01. The van der Waals surface area contributed by atoms with Crippen LogP contribution < -0.4 is 0 Å². The monoisotopic (exact) mass is 132 g/mol. The maximum absolute atomic E-state index is 10.2. The molecule has 0 radical (unpaired) electrons. The molecule has 1 atom stereocenters. The van der Waals surface area contributed by atoms with E-state index in [9.17, 15) is 4.79 Å². The highest BCUT2D eigenvalue weighted by atomic mass is 32.1. The molecule has 0 bridgehead atoms. The predicted molar refractivity (Wildman–Crippen MR) is 34.7 cm³/mol. The van der Waals surface area contributed by atoms with E-state index in [-0.39, 0.29) is 5.44 Å². The van der Waals surface area contributed by atoms with Crippen LogP contribution in [-0.2, 0) is 9.53 Å². The SMILES string of the molecule is C=CC(=O)OC(C)S. The number of hydrogen-bond donors (Lipinski definition) is 1. The minimum Gasteiger partial charge on any atom is -0.449 e. The van der Waals surface area contributed by atoms with E-state index in [0.717, 1.165) is 6.08 Å². The van der Waals surface area contributed by atoms with Gasteiger partial charge >= 0.3 is 5.97 Å². The minimum absolute atomic E-state index is 0.347. The Morgan fingerprint density at radius 2 is 2.50 bits per heavy atom. The molecule has 0 spiro atoms. The quantitative estimate of drug-likeness (QED) is 0.262. The molecule has 0 amide bonds. The minimum atomic E-state index is -0.437. The van der Waals surface area contributed by atoms with Gasteiger partial charge in [-0.2, -0.15) is 0 Å². The molecule has 3 heteroatoms. The number of carbonyl (C=O) groups is 1. The molecule has 46 valence electrons. The first kappa shape index (κ1) is 7.56. The summed E-state index contributed by atoms with van der Waals surface area (Å²) >= 11 is 3.80. The summed E-state index contributed by atoms with van der Waals surface area (Å²) in [6, 6.07) is 0. The zero-order chi connectivity index (χ0) is 6.57. The van der Waals surface area contributed by atoms with Gasteiger partial charge in [-0.15, -0.1) is 12.6 Å². The van der Waals surface area contributed by atoms with Gasteiger partial charge < -0.3 is 4.74 Å². The normalized spacial score (nSPS) is 12.2. The molecule has 1 unspecified atom stereocenters. The van der Waals surface area contributed by atoms with Crippen molar-refractivity contribution in [3.63, 3.8) is 0 Å². The Kier molecular flexibility index (Phi) is 3.35. The lowest BCUT2D eigenvalue weighted by atomic mass is 10.6. The molecule has 0 saturated heterocycles. The van der Waals surface area contributed by atoms with Crippen LogP contribution in [0.2, 0.25) is 0 Å². The van der Waals surface area contributed by atoms with Crippen LogP contribution in [0.25, 0.3) is 0 Å². The molecule has 0 aromatic carbocycles. The molecule has 0 aliphatic carbocycles. The zero-order valence-electron chi connectivity index (χ0n) is 4.63. The molecule has 0 saturated carbocycles. The highest BCUT2D eigenvalue weighted by Crippen LogP contribution is 1.94. The lowest BCUT2D eigenvalue weighted by Crippen LogP contribution is -2.05. The summed E-state index contributed by atoms with van der Waals surface area (Å²) in [7, 11) is 0. The van der Waals surface area contributed by atoms with Gasteiger partial charge in [0.25, 0.3) is 0 Å². The van der Waals surface area contributed by atoms with Gasteiger partial charge in [-0.25, -0.2) is 4.79 Å².